The zero-order chi connectivity index (χ0) is 15.4. The van der Waals surface area contributed by atoms with Crippen molar-refractivity contribution in [2.24, 2.45) is 7.05 Å². The van der Waals surface area contributed by atoms with Crippen LogP contribution in [0.15, 0.2) is 33.2 Å². The number of aryl methyl sites for hydroxylation is 2. The lowest BCUT2D eigenvalue weighted by Crippen LogP contribution is -2.24. The molecule has 0 saturated heterocycles. The van der Waals surface area contributed by atoms with E-state index >= 15 is 0 Å². The zero-order valence-electron chi connectivity index (χ0n) is 12.7. The molecule has 1 aromatic carbocycles. The van der Waals surface area contributed by atoms with Crippen molar-refractivity contribution in [2.75, 3.05) is 6.54 Å². The lowest BCUT2D eigenvalue weighted by Gasteiger charge is -2.20. The molecule has 0 aliphatic carbocycles. The molecule has 1 atom stereocenters. The van der Waals surface area contributed by atoms with E-state index in [9.17, 15) is 0 Å². The van der Waals surface area contributed by atoms with Crippen LogP contribution in [0.3, 0.4) is 0 Å². The first kappa shape index (κ1) is 16.7. The summed E-state index contributed by atoms with van der Waals surface area (Å²) in [5.74, 6) is 0. The van der Waals surface area contributed by atoms with Crippen LogP contribution in [0.25, 0.3) is 0 Å². The van der Waals surface area contributed by atoms with Gasteiger partial charge in [0.15, 0.2) is 0 Å². The van der Waals surface area contributed by atoms with Gasteiger partial charge in [0.25, 0.3) is 0 Å². The highest BCUT2D eigenvalue weighted by Gasteiger charge is 2.19. The van der Waals surface area contributed by atoms with Crippen LogP contribution in [0.5, 0.6) is 0 Å². The van der Waals surface area contributed by atoms with E-state index < -0.39 is 0 Å². The van der Waals surface area contributed by atoms with E-state index in [2.05, 4.69) is 74.3 Å². The summed E-state index contributed by atoms with van der Waals surface area (Å²) in [4.78, 5) is 0. The number of nitrogens with zero attached hydrogens (tertiary/aromatic N) is 2. The fraction of sp³-hybridized carbons (Fsp3) is 0.438. The first-order chi connectivity index (χ1) is 10.1. The van der Waals surface area contributed by atoms with Crippen molar-refractivity contribution < 1.29 is 0 Å². The monoisotopic (exact) mass is 413 g/mol. The third-order valence-electron chi connectivity index (χ3n) is 3.63. The summed E-state index contributed by atoms with van der Waals surface area (Å²) in [5, 5.41) is 8.17. The maximum absolute atomic E-state index is 4.59. The van der Waals surface area contributed by atoms with Crippen molar-refractivity contribution in [3.63, 3.8) is 0 Å². The topological polar surface area (TPSA) is 29.9 Å². The summed E-state index contributed by atoms with van der Waals surface area (Å²) in [5.41, 5.74) is 3.63. The minimum atomic E-state index is 0.266. The highest BCUT2D eigenvalue weighted by molar-refractivity contribution is 9.10. The summed E-state index contributed by atoms with van der Waals surface area (Å²) >= 11 is 7.37. The van der Waals surface area contributed by atoms with Crippen molar-refractivity contribution in [2.45, 2.75) is 32.7 Å². The highest BCUT2D eigenvalue weighted by Crippen LogP contribution is 2.30. The molecule has 0 aliphatic rings. The summed E-state index contributed by atoms with van der Waals surface area (Å²) in [7, 11) is 2.02. The van der Waals surface area contributed by atoms with Crippen LogP contribution < -0.4 is 5.32 Å². The highest BCUT2D eigenvalue weighted by atomic mass is 79.9. The predicted octanol–water partition coefficient (Wildman–Crippen LogP) is 4.40. The molecule has 1 aromatic heterocycles. The second kappa shape index (κ2) is 7.56. The average Bonchev–Trinajstić information content (AvgIpc) is 2.74. The SMILES string of the molecule is CCNC(Cc1c(Br)c(CC)nn1C)c1ccccc1Br. The van der Waals surface area contributed by atoms with Crippen LogP contribution in [-0.2, 0) is 19.9 Å². The Labute approximate surface area is 143 Å². The molecule has 0 aliphatic heterocycles. The maximum Gasteiger partial charge on any atom is 0.0766 e. The van der Waals surface area contributed by atoms with Gasteiger partial charge in [-0.05, 0) is 40.5 Å². The van der Waals surface area contributed by atoms with Gasteiger partial charge >= 0.3 is 0 Å². The first-order valence-corrected chi connectivity index (χ1v) is 8.85. The number of nitrogens with one attached hydrogen (secondary N) is 1. The standard InChI is InChI=1S/C16H21Br2N3/c1-4-13-16(18)15(21(3)20-13)10-14(19-5-2)11-8-6-7-9-12(11)17/h6-9,14,19H,4-5,10H2,1-3H3. The van der Waals surface area contributed by atoms with E-state index in [4.69, 9.17) is 0 Å². The molecule has 1 heterocycles. The molecule has 0 fully saturated rings. The van der Waals surface area contributed by atoms with Gasteiger partial charge < -0.3 is 5.32 Å². The Morgan fingerprint density at radius 2 is 1.95 bits per heavy atom. The Morgan fingerprint density at radius 3 is 2.52 bits per heavy atom. The minimum Gasteiger partial charge on any atom is -0.310 e. The molecule has 21 heavy (non-hydrogen) atoms. The fourth-order valence-electron chi connectivity index (χ4n) is 2.53. The predicted molar refractivity (Wildman–Crippen MR) is 94.5 cm³/mol. The van der Waals surface area contributed by atoms with Crippen LogP contribution in [0.4, 0.5) is 0 Å². The summed E-state index contributed by atoms with van der Waals surface area (Å²) in [6.45, 7) is 5.20. The lowest BCUT2D eigenvalue weighted by molar-refractivity contribution is 0.526. The van der Waals surface area contributed by atoms with Gasteiger partial charge in [-0.1, -0.05) is 48.0 Å². The van der Waals surface area contributed by atoms with E-state index in [1.54, 1.807) is 0 Å². The fourth-order valence-corrected chi connectivity index (χ4v) is 3.87. The molecule has 0 bridgehead atoms. The van der Waals surface area contributed by atoms with Crippen molar-refractivity contribution in [1.82, 2.24) is 15.1 Å². The van der Waals surface area contributed by atoms with Crippen molar-refractivity contribution in [1.29, 1.82) is 0 Å². The zero-order valence-corrected chi connectivity index (χ0v) is 15.8. The quantitative estimate of drug-likeness (QED) is 0.758. The van der Waals surface area contributed by atoms with Crippen molar-refractivity contribution in [3.05, 3.63) is 50.2 Å². The van der Waals surface area contributed by atoms with Gasteiger partial charge in [0.05, 0.1) is 15.9 Å². The number of benzene rings is 1. The third-order valence-corrected chi connectivity index (χ3v) is 5.27. The van der Waals surface area contributed by atoms with Gasteiger partial charge in [-0.3, -0.25) is 4.68 Å². The lowest BCUT2D eigenvalue weighted by atomic mass is 10.0. The molecule has 1 unspecified atom stereocenters. The van der Waals surface area contributed by atoms with E-state index in [0.29, 0.717) is 0 Å². The van der Waals surface area contributed by atoms with E-state index in [1.807, 2.05) is 17.8 Å². The molecule has 0 radical (unpaired) electrons. The van der Waals surface area contributed by atoms with Gasteiger partial charge in [0.2, 0.25) is 0 Å². The summed E-state index contributed by atoms with van der Waals surface area (Å²) in [6, 6.07) is 8.66. The molecule has 0 spiro atoms. The van der Waals surface area contributed by atoms with Gasteiger partial charge in [0.1, 0.15) is 0 Å². The Kier molecular flexibility index (Phi) is 6.02. The number of rotatable bonds is 6. The first-order valence-electron chi connectivity index (χ1n) is 7.26. The second-order valence-electron chi connectivity index (χ2n) is 5.02. The van der Waals surface area contributed by atoms with Crippen LogP contribution in [0.2, 0.25) is 0 Å². The Hall–Kier alpha value is -0.650. The van der Waals surface area contributed by atoms with Crippen LogP contribution in [0.1, 0.15) is 36.8 Å². The van der Waals surface area contributed by atoms with Gasteiger partial charge in [-0.25, -0.2) is 0 Å². The normalized spacial score (nSPS) is 12.6. The molecule has 0 saturated carbocycles. The molecule has 3 nitrogen and oxygen atoms in total. The van der Waals surface area contributed by atoms with Gasteiger partial charge in [-0.2, -0.15) is 5.10 Å². The largest absolute Gasteiger partial charge is 0.310 e. The number of likely N-dealkylation sites (N-methyl/N-ethyl adjacent to an activating group) is 1. The summed E-state index contributed by atoms with van der Waals surface area (Å²) < 4.78 is 4.27. The van der Waals surface area contributed by atoms with E-state index in [-0.39, 0.29) is 6.04 Å². The Balaban J connectivity index is 2.33. The molecule has 2 rings (SSSR count). The minimum absolute atomic E-state index is 0.266. The molecule has 0 amide bonds. The number of hydrogen-bond acceptors (Lipinski definition) is 2. The van der Waals surface area contributed by atoms with E-state index in [0.717, 1.165) is 34.0 Å². The van der Waals surface area contributed by atoms with E-state index in [1.165, 1.54) is 11.3 Å². The smallest absolute Gasteiger partial charge is 0.0766 e. The van der Waals surface area contributed by atoms with Crippen molar-refractivity contribution >= 4 is 31.9 Å². The maximum atomic E-state index is 4.59. The Morgan fingerprint density at radius 1 is 1.24 bits per heavy atom. The number of hydrogen-bond donors (Lipinski definition) is 1. The molecular formula is C16H21Br2N3. The second-order valence-corrected chi connectivity index (χ2v) is 6.67. The molecule has 114 valence electrons. The van der Waals surface area contributed by atoms with Crippen LogP contribution >= 0.6 is 31.9 Å². The average molecular weight is 415 g/mol. The van der Waals surface area contributed by atoms with Crippen LogP contribution in [-0.4, -0.2) is 16.3 Å². The van der Waals surface area contributed by atoms with Crippen LogP contribution in [0, 0.1) is 0 Å². The third kappa shape index (κ3) is 3.76. The van der Waals surface area contributed by atoms with Gasteiger partial charge in [-0.15, -0.1) is 0 Å². The molecule has 5 heteroatoms. The molecule has 1 N–H and O–H groups in total. The van der Waals surface area contributed by atoms with Gasteiger partial charge in [0, 0.05) is 24.0 Å². The molecular weight excluding hydrogens is 394 g/mol. The Bertz CT molecular complexity index is 608. The van der Waals surface area contributed by atoms with Crippen molar-refractivity contribution in [3.8, 4) is 0 Å². The molecule has 2 aromatic rings. The number of aromatic nitrogens is 2. The summed E-state index contributed by atoms with van der Waals surface area (Å²) in [6.07, 6.45) is 1.84. The number of halogens is 2.